The van der Waals surface area contributed by atoms with Crippen LogP contribution in [0.5, 0.6) is 0 Å². The van der Waals surface area contributed by atoms with E-state index in [4.69, 9.17) is 0 Å². The Labute approximate surface area is 200 Å². The molecule has 8 heteroatoms. The van der Waals surface area contributed by atoms with Gasteiger partial charge in [0.05, 0.1) is 5.56 Å². The van der Waals surface area contributed by atoms with Gasteiger partial charge in [0.2, 0.25) is 5.91 Å². The summed E-state index contributed by atoms with van der Waals surface area (Å²) in [5.74, 6) is 1.09. The highest BCUT2D eigenvalue weighted by molar-refractivity contribution is 7.97. The van der Waals surface area contributed by atoms with Gasteiger partial charge < -0.3 is 5.32 Å². The lowest BCUT2D eigenvalue weighted by atomic mass is 9.62. The number of hydrogen-bond donors (Lipinski definition) is 2. The quantitative estimate of drug-likeness (QED) is 0.327. The molecule has 5 atom stereocenters. The molecule has 2 bridgehead atoms. The van der Waals surface area contributed by atoms with Gasteiger partial charge in [-0.2, -0.15) is 13.2 Å². The van der Waals surface area contributed by atoms with Crippen LogP contribution in [0.15, 0.2) is 23.1 Å². The summed E-state index contributed by atoms with van der Waals surface area (Å²) in [6.07, 6.45) is 0.943. The number of carbonyl (C=O) groups is 1. The summed E-state index contributed by atoms with van der Waals surface area (Å²) in [4.78, 5) is 13.0. The third-order valence-electron chi connectivity index (χ3n) is 6.78. The summed E-state index contributed by atoms with van der Waals surface area (Å²) in [6.45, 7) is 11.7. The first-order valence-corrected chi connectivity index (χ1v) is 12.8. The average molecular weight is 491 g/mol. The van der Waals surface area contributed by atoms with Gasteiger partial charge in [0.1, 0.15) is 11.4 Å². The van der Waals surface area contributed by atoms with Crippen LogP contribution >= 0.6 is 11.9 Å². The van der Waals surface area contributed by atoms with Crippen molar-refractivity contribution in [1.29, 1.82) is 0 Å². The number of fused-ring (bicyclic) bond motifs is 2. The maximum atomic E-state index is 13.3. The Bertz CT molecular complexity index is 797. The van der Waals surface area contributed by atoms with E-state index in [-0.39, 0.29) is 16.8 Å². The Morgan fingerprint density at radius 3 is 2.39 bits per heavy atom. The van der Waals surface area contributed by atoms with Crippen LogP contribution in [-0.2, 0) is 11.0 Å². The molecule has 0 saturated heterocycles. The zero-order valence-corrected chi connectivity index (χ0v) is 21.3. The average Bonchev–Trinajstić information content (AvgIpc) is 2.74. The minimum absolute atomic E-state index is 0.0964. The lowest BCUT2D eigenvalue weighted by Crippen LogP contribution is -2.58. The van der Waals surface area contributed by atoms with Crippen molar-refractivity contribution in [3.05, 3.63) is 29.6 Å². The minimum Gasteiger partial charge on any atom is -0.351 e. The zero-order valence-electron chi connectivity index (χ0n) is 20.5. The van der Waals surface area contributed by atoms with Gasteiger partial charge in [0, 0.05) is 10.9 Å². The normalized spacial score (nSPS) is 27.4. The largest absolute Gasteiger partial charge is 0.417 e. The molecule has 0 aromatic heterocycles. The van der Waals surface area contributed by atoms with Crippen LogP contribution in [0, 0.1) is 29.5 Å². The maximum absolute atomic E-state index is 13.3. The van der Waals surface area contributed by atoms with Crippen LogP contribution in [0.25, 0.3) is 0 Å². The van der Waals surface area contributed by atoms with E-state index in [2.05, 4.69) is 23.9 Å². The van der Waals surface area contributed by atoms with Crippen molar-refractivity contribution in [2.24, 2.45) is 23.7 Å². The standard InChI is InChI=1S/C23H32F4N2OS.C2H6/c1-5-15-10-14-8-13(2)9-16(11-14)20(15)28-21(30)22(3,4)29-31-19-7-6-17(24)12-18(19)23(25,26)27;1-2/h6-7,12-16,20,29H,5,8-11H2,1-4H3,(H,28,30);1-2H3. The number of carbonyl (C=O) groups excluding carboxylic acids is 1. The Morgan fingerprint density at radius 2 is 1.79 bits per heavy atom. The summed E-state index contributed by atoms with van der Waals surface area (Å²) >= 11 is 0.707. The lowest BCUT2D eigenvalue weighted by Gasteiger charge is -2.48. The van der Waals surface area contributed by atoms with E-state index in [9.17, 15) is 22.4 Å². The minimum atomic E-state index is -4.68. The molecular weight excluding hydrogens is 452 g/mol. The monoisotopic (exact) mass is 490 g/mol. The number of alkyl halides is 3. The third-order valence-corrected chi connectivity index (χ3v) is 7.97. The molecule has 2 saturated carbocycles. The Morgan fingerprint density at radius 1 is 1.12 bits per heavy atom. The second kappa shape index (κ2) is 11.4. The lowest BCUT2D eigenvalue weighted by molar-refractivity contribution is -0.140. The van der Waals surface area contributed by atoms with Crippen LogP contribution in [0.3, 0.4) is 0 Å². The summed E-state index contributed by atoms with van der Waals surface area (Å²) in [6, 6.07) is 2.65. The molecule has 5 unspecified atom stereocenters. The fourth-order valence-corrected chi connectivity index (χ4v) is 6.16. The van der Waals surface area contributed by atoms with E-state index in [0.29, 0.717) is 35.8 Å². The third kappa shape index (κ3) is 7.10. The van der Waals surface area contributed by atoms with E-state index in [0.717, 1.165) is 43.7 Å². The molecule has 2 aliphatic carbocycles. The second-order valence-corrected chi connectivity index (χ2v) is 10.7. The van der Waals surface area contributed by atoms with Crippen molar-refractivity contribution in [3.63, 3.8) is 0 Å². The maximum Gasteiger partial charge on any atom is 0.417 e. The summed E-state index contributed by atoms with van der Waals surface area (Å²) in [5.41, 5.74) is -2.15. The number of hydrogen-bond acceptors (Lipinski definition) is 3. The number of amides is 1. The van der Waals surface area contributed by atoms with Gasteiger partial charge in [0.25, 0.3) is 0 Å². The van der Waals surface area contributed by atoms with Gasteiger partial charge in [-0.25, -0.2) is 9.11 Å². The van der Waals surface area contributed by atoms with E-state index in [1.807, 2.05) is 13.8 Å². The molecule has 3 rings (SSSR count). The smallest absolute Gasteiger partial charge is 0.351 e. The Hall–Kier alpha value is -1.28. The Kier molecular flexibility index (Phi) is 9.69. The van der Waals surface area contributed by atoms with Gasteiger partial charge in [-0.1, -0.05) is 34.1 Å². The van der Waals surface area contributed by atoms with Crippen LogP contribution in [0.2, 0.25) is 0 Å². The summed E-state index contributed by atoms with van der Waals surface area (Å²) < 4.78 is 56.0. The first-order chi connectivity index (χ1) is 15.4. The number of nitrogens with one attached hydrogen (secondary N) is 2. The van der Waals surface area contributed by atoms with Crippen molar-refractivity contribution < 1.29 is 22.4 Å². The molecule has 2 aliphatic rings. The zero-order chi connectivity index (χ0) is 25.0. The van der Waals surface area contributed by atoms with E-state index < -0.39 is 23.1 Å². The number of benzene rings is 1. The molecule has 1 aromatic carbocycles. The number of halogens is 4. The van der Waals surface area contributed by atoms with Crippen LogP contribution in [0.4, 0.5) is 17.6 Å². The fourth-order valence-electron chi connectivity index (χ4n) is 5.28. The van der Waals surface area contributed by atoms with Crippen LogP contribution in [0.1, 0.15) is 79.2 Å². The van der Waals surface area contributed by atoms with Crippen molar-refractivity contribution in [2.75, 3.05) is 0 Å². The van der Waals surface area contributed by atoms with Crippen LogP contribution < -0.4 is 10.0 Å². The topological polar surface area (TPSA) is 41.1 Å². The molecular formula is C25H38F4N2OS. The van der Waals surface area contributed by atoms with Crippen molar-refractivity contribution in [1.82, 2.24) is 10.0 Å². The molecule has 2 N–H and O–H groups in total. The molecule has 3 nitrogen and oxygen atoms in total. The molecule has 0 spiro atoms. The summed E-state index contributed by atoms with van der Waals surface area (Å²) in [7, 11) is 0. The molecule has 1 aromatic rings. The SMILES string of the molecule is CC.CCC1CC2CC(C)CC(C2)C1NC(=O)C(C)(C)NSc1ccc(F)cc1C(F)(F)F. The van der Waals surface area contributed by atoms with Crippen molar-refractivity contribution in [2.45, 2.75) is 96.3 Å². The fraction of sp³-hybridized carbons (Fsp3) is 0.720. The van der Waals surface area contributed by atoms with Gasteiger partial charge in [0.15, 0.2) is 0 Å². The molecule has 33 heavy (non-hydrogen) atoms. The van der Waals surface area contributed by atoms with Gasteiger partial charge in [-0.3, -0.25) is 4.79 Å². The first kappa shape index (κ1) is 28.0. The highest BCUT2D eigenvalue weighted by atomic mass is 32.2. The van der Waals surface area contributed by atoms with Gasteiger partial charge >= 0.3 is 6.18 Å². The van der Waals surface area contributed by atoms with Crippen LogP contribution in [-0.4, -0.2) is 17.5 Å². The predicted molar refractivity (Wildman–Crippen MR) is 126 cm³/mol. The van der Waals surface area contributed by atoms with E-state index in [1.54, 1.807) is 13.8 Å². The van der Waals surface area contributed by atoms with E-state index in [1.165, 1.54) is 6.42 Å². The molecule has 188 valence electrons. The summed E-state index contributed by atoms with van der Waals surface area (Å²) in [5, 5.41) is 3.23. The van der Waals surface area contributed by atoms with E-state index >= 15 is 0 Å². The highest BCUT2D eigenvalue weighted by Gasteiger charge is 2.43. The molecule has 0 radical (unpaired) electrons. The van der Waals surface area contributed by atoms with Gasteiger partial charge in [-0.15, -0.1) is 0 Å². The van der Waals surface area contributed by atoms with Gasteiger partial charge in [-0.05, 0) is 93.3 Å². The first-order valence-electron chi connectivity index (χ1n) is 12.0. The molecule has 2 fully saturated rings. The van der Waals surface area contributed by atoms with Crippen molar-refractivity contribution in [3.8, 4) is 0 Å². The Balaban J connectivity index is 0.00000187. The molecule has 0 heterocycles. The molecule has 0 aliphatic heterocycles. The van der Waals surface area contributed by atoms with Crippen molar-refractivity contribution >= 4 is 17.9 Å². The number of rotatable bonds is 6. The highest BCUT2D eigenvalue weighted by Crippen LogP contribution is 2.46. The second-order valence-electron chi connectivity index (χ2n) is 9.81. The predicted octanol–water partition coefficient (Wildman–Crippen LogP) is 7.21. The molecule has 1 amide bonds.